The third-order valence-corrected chi connectivity index (χ3v) is 9.06. The first-order chi connectivity index (χ1) is 24.8. The predicted molar refractivity (Wildman–Crippen MR) is 190 cm³/mol. The Morgan fingerprint density at radius 2 is 1.29 bits per heavy atom. The van der Waals surface area contributed by atoms with Gasteiger partial charge in [0, 0.05) is 25.2 Å². The van der Waals surface area contributed by atoms with Gasteiger partial charge in [-0.05, 0) is 25.0 Å². The van der Waals surface area contributed by atoms with Gasteiger partial charge in [-0.25, -0.2) is 14.5 Å². The van der Waals surface area contributed by atoms with Crippen LogP contribution in [0.15, 0.2) is 30.9 Å². The molecule has 0 unspecified atom stereocenters. The van der Waals surface area contributed by atoms with Gasteiger partial charge in [0.2, 0.25) is 5.82 Å². The Kier molecular flexibility index (Phi) is 19.8. The topological polar surface area (TPSA) is 175 Å². The van der Waals surface area contributed by atoms with E-state index >= 15 is 0 Å². The number of hydrogen-bond donors (Lipinski definition) is 1. The second-order valence-electron chi connectivity index (χ2n) is 13.4. The van der Waals surface area contributed by atoms with E-state index in [9.17, 15) is 19.2 Å². The van der Waals surface area contributed by atoms with E-state index in [1.165, 1.54) is 87.6 Å². The number of aromatic nitrogens is 4. The quantitative estimate of drug-likeness (QED) is 0.0563. The van der Waals surface area contributed by atoms with Crippen molar-refractivity contribution in [2.24, 2.45) is 5.73 Å². The molecule has 0 aromatic carbocycles. The van der Waals surface area contributed by atoms with Crippen LogP contribution in [0.1, 0.15) is 169 Å². The van der Waals surface area contributed by atoms with Crippen LogP contribution in [0.5, 0.6) is 0 Å². The number of nitrogens with two attached hydrogens (primary N) is 1. The lowest BCUT2D eigenvalue weighted by Crippen LogP contribution is -2.41. The van der Waals surface area contributed by atoms with Gasteiger partial charge < -0.3 is 24.7 Å². The summed E-state index contributed by atoms with van der Waals surface area (Å²) in [5, 5.41) is 4.12. The number of carbonyl (C=O) groups excluding carboxylic acids is 4. The van der Waals surface area contributed by atoms with Crippen molar-refractivity contribution in [3.63, 3.8) is 0 Å². The number of primary amides is 1. The fraction of sp³-hybridized carbons (Fsp3) is 0.711. The molecule has 51 heavy (non-hydrogen) atoms. The molecule has 13 nitrogen and oxygen atoms in total. The maximum absolute atomic E-state index is 13.2. The molecular formula is C38H59N5O8. The predicted octanol–water partition coefficient (Wildman–Crippen LogP) is 7.19. The highest BCUT2D eigenvalue weighted by Crippen LogP contribution is 2.35. The molecule has 0 spiro atoms. The smallest absolute Gasteiger partial charge is 0.339 e. The number of ether oxygens (including phenoxy) is 4. The number of unbranched alkanes of at least 4 members (excludes halogenated alkanes) is 16. The van der Waals surface area contributed by atoms with Crippen LogP contribution in [0, 0.1) is 0 Å². The van der Waals surface area contributed by atoms with Gasteiger partial charge in [-0.3, -0.25) is 19.4 Å². The number of hydrogen-bond acceptors (Lipinski definition) is 11. The van der Waals surface area contributed by atoms with Gasteiger partial charge in [-0.15, -0.1) is 5.10 Å². The van der Waals surface area contributed by atoms with E-state index in [4.69, 9.17) is 24.7 Å². The number of nitrogens with zero attached hydrogens (tertiary/aromatic N) is 4. The molecule has 3 heterocycles. The van der Waals surface area contributed by atoms with Crippen molar-refractivity contribution in [3.8, 4) is 0 Å². The zero-order valence-electron chi connectivity index (χ0n) is 30.7. The van der Waals surface area contributed by atoms with Crippen LogP contribution in [0.25, 0.3) is 0 Å². The molecule has 1 aliphatic rings. The monoisotopic (exact) mass is 713 g/mol. The molecule has 1 fully saturated rings. The molecule has 2 N–H and O–H groups in total. The Bertz CT molecular complexity index is 1310. The molecule has 4 atom stereocenters. The van der Waals surface area contributed by atoms with E-state index in [1.54, 1.807) is 12.1 Å². The van der Waals surface area contributed by atoms with Crippen LogP contribution in [0.2, 0.25) is 0 Å². The number of carbonyl (C=O) groups is 4. The summed E-state index contributed by atoms with van der Waals surface area (Å²) in [6, 6.07) is 3.17. The van der Waals surface area contributed by atoms with Gasteiger partial charge in [0.15, 0.2) is 18.4 Å². The fourth-order valence-corrected chi connectivity index (χ4v) is 6.14. The summed E-state index contributed by atoms with van der Waals surface area (Å²) in [5.41, 5.74) is 5.62. The fourth-order valence-electron chi connectivity index (χ4n) is 6.14. The Balaban J connectivity index is 1.67. The Morgan fingerprint density at radius 3 is 1.78 bits per heavy atom. The molecule has 0 bridgehead atoms. The van der Waals surface area contributed by atoms with Gasteiger partial charge in [0.25, 0.3) is 5.91 Å². The zero-order chi connectivity index (χ0) is 36.7. The first kappa shape index (κ1) is 41.5. The van der Waals surface area contributed by atoms with Crippen LogP contribution in [-0.2, 0) is 28.5 Å². The Labute approximate surface area is 302 Å². The highest BCUT2D eigenvalue weighted by Gasteiger charge is 2.51. The SMILES string of the molecule is CCCCCCCCCCCC(=O)O[C@@H]1[C@H](OC(=O)CCCCCCCCCCC)[C@@H](COC(=O)c2cccnc2)O[C@H]1n1cnc(C(N)=O)n1. The lowest BCUT2D eigenvalue weighted by molar-refractivity contribution is -0.169. The molecular weight excluding hydrogens is 654 g/mol. The number of rotatable bonds is 27. The maximum Gasteiger partial charge on any atom is 0.339 e. The van der Waals surface area contributed by atoms with Crippen molar-refractivity contribution in [3.05, 3.63) is 42.2 Å². The van der Waals surface area contributed by atoms with Gasteiger partial charge in [0.05, 0.1) is 5.56 Å². The standard InChI is InChI=1S/C38H59N5O8/c1-3-5-7-9-11-13-15-17-19-23-31(44)50-33-30(27-48-38(47)29-22-21-25-40-26-29)49-37(43-28-41-36(42-43)35(39)46)34(33)51-32(45)24-20-18-16-14-12-10-8-6-4-2/h21-22,25-26,28,30,33-34,37H,3-20,23-24,27H2,1-2H3,(H2,39,46)/t30-,33-,34-,37-/m1/s1. The van der Waals surface area contributed by atoms with Crippen LogP contribution < -0.4 is 5.73 Å². The van der Waals surface area contributed by atoms with Gasteiger partial charge >= 0.3 is 17.9 Å². The van der Waals surface area contributed by atoms with Crippen LogP contribution >= 0.6 is 0 Å². The summed E-state index contributed by atoms with van der Waals surface area (Å²) in [4.78, 5) is 58.9. The highest BCUT2D eigenvalue weighted by molar-refractivity contribution is 5.89. The van der Waals surface area contributed by atoms with Crippen molar-refractivity contribution in [2.75, 3.05) is 6.61 Å². The second kappa shape index (κ2) is 24.3. The van der Waals surface area contributed by atoms with Crippen LogP contribution in [-0.4, -0.2) is 68.5 Å². The van der Waals surface area contributed by atoms with Gasteiger partial charge in [-0.1, -0.05) is 117 Å². The molecule has 3 rings (SSSR count). The van der Waals surface area contributed by atoms with E-state index < -0.39 is 48.4 Å². The third kappa shape index (κ3) is 15.5. The van der Waals surface area contributed by atoms with E-state index in [-0.39, 0.29) is 30.8 Å². The molecule has 284 valence electrons. The summed E-state index contributed by atoms with van der Waals surface area (Å²) in [5.74, 6) is -2.72. The first-order valence-electron chi connectivity index (χ1n) is 19.2. The normalized spacial score (nSPS) is 18.4. The molecule has 2 aromatic heterocycles. The summed E-state index contributed by atoms with van der Waals surface area (Å²) in [6.45, 7) is 4.09. The number of amides is 1. The van der Waals surface area contributed by atoms with E-state index in [1.807, 2.05) is 0 Å². The second-order valence-corrected chi connectivity index (χ2v) is 13.4. The van der Waals surface area contributed by atoms with Crippen molar-refractivity contribution < 1.29 is 38.1 Å². The Hall–Kier alpha value is -3.87. The molecule has 1 aliphatic heterocycles. The van der Waals surface area contributed by atoms with Gasteiger partial charge in [-0.2, -0.15) is 0 Å². The van der Waals surface area contributed by atoms with E-state index in [0.29, 0.717) is 12.8 Å². The lowest BCUT2D eigenvalue weighted by atomic mass is 10.1. The largest absolute Gasteiger partial charge is 0.459 e. The average molecular weight is 714 g/mol. The molecule has 1 amide bonds. The molecule has 0 aliphatic carbocycles. The van der Waals surface area contributed by atoms with Crippen LogP contribution in [0.4, 0.5) is 0 Å². The molecule has 0 saturated carbocycles. The number of pyridine rings is 1. The lowest BCUT2D eigenvalue weighted by Gasteiger charge is -2.24. The van der Waals surface area contributed by atoms with E-state index in [2.05, 4.69) is 28.9 Å². The molecule has 2 aromatic rings. The summed E-state index contributed by atoms with van der Waals surface area (Å²) >= 11 is 0. The summed E-state index contributed by atoms with van der Waals surface area (Å²) in [6.07, 6.45) is 19.8. The minimum atomic E-state index is -1.16. The van der Waals surface area contributed by atoms with Gasteiger partial charge in [0.1, 0.15) is 19.0 Å². The maximum atomic E-state index is 13.2. The summed E-state index contributed by atoms with van der Waals surface area (Å²) < 4.78 is 24.9. The minimum Gasteiger partial charge on any atom is -0.459 e. The highest BCUT2D eigenvalue weighted by atomic mass is 16.7. The zero-order valence-corrected chi connectivity index (χ0v) is 30.7. The molecule has 13 heteroatoms. The van der Waals surface area contributed by atoms with Crippen molar-refractivity contribution in [2.45, 2.75) is 167 Å². The van der Waals surface area contributed by atoms with Crippen molar-refractivity contribution in [1.29, 1.82) is 0 Å². The summed E-state index contributed by atoms with van der Waals surface area (Å²) in [7, 11) is 0. The van der Waals surface area contributed by atoms with Crippen LogP contribution in [0.3, 0.4) is 0 Å². The van der Waals surface area contributed by atoms with Crippen molar-refractivity contribution in [1.82, 2.24) is 19.7 Å². The molecule has 0 radical (unpaired) electrons. The third-order valence-electron chi connectivity index (χ3n) is 9.06. The minimum absolute atomic E-state index is 0.169. The first-order valence-corrected chi connectivity index (χ1v) is 19.2. The van der Waals surface area contributed by atoms with E-state index in [0.717, 1.165) is 38.5 Å². The number of esters is 3. The molecule has 1 saturated heterocycles. The Morgan fingerprint density at radius 1 is 0.765 bits per heavy atom. The van der Waals surface area contributed by atoms with Crippen molar-refractivity contribution >= 4 is 23.8 Å². The average Bonchev–Trinajstić information content (AvgIpc) is 3.75.